The molecular weight excluding hydrogens is 312 g/mol. The molecule has 0 aliphatic carbocycles. The summed E-state index contributed by atoms with van der Waals surface area (Å²) in [4.78, 5) is 16.0. The molecule has 0 unspecified atom stereocenters. The number of halogens is 1. The molecule has 0 saturated carbocycles. The number of likely N-dealkylation sites (N-methyl/N-ethyl adjacent to an activating group) is 1. The number of hydrogen-bond donors (Lipinski definition) is 0. The van der Waals surface area contributed by atoms with Gasteiger partial charge in [-0.15, -0.1) is 0 Å². The first-order valence-electron chi connectivity index (χ1n) is 8.21. The molecule has 2 saturated heterocycles. The number of carbonyl (C=O) groups is 1. The molecule has 2 fully saturated rings. The molecule has 2 heterocycles. The zero-order valence-corrected chi connectivity index (χ0v) is 14.3. The Balaban J connectivity index is 1.53. The molecule has 0 bridgehead atoms. The van der Waals surface area contributed by atoms with Crippen LogP contribution in [0.3, 0.4) is 0 Å². The summed E-state index contributed by atoms with van der Waals surface area (Å²) in [6.07, 6.45) is 2.42. The SMILES string of the molecule is C=C1N(CC)C(=O)OC12CCN(CCc1ccc(Cl)cc1)CC2. The van der Waals surface area contributed by atoms with Gasteiger partial charge in [0.2, 0.25) is 0 Å². The van der Waals surface area contributed by atoms with E-state index in [2.05, 4.69) is 23.6 Å². The van der Waals surface area contributed by atoms with E-state index in [-0.39, 0.29) is 6.09 Å². The van der Waals surface area contributed by atoms with E-state index in [4.69, 9.17) is 16.3 Å². The Kier molecular flexibility index (Phi) is 4.64. The molecule has 23 heavy (non-hydrogen) atoms. The first kappa shape index (κ1) is 16.3. The van der Waals surface area contributed by atoms with Crippen LogP contribution in [0.1, 0.15) is 25.3 Å². The van der Waals surface area contributed by atoms with E-state index in [1.54, 1.807) is 4.90 Å². The van der Waals surface area contributed by atoms with Gasteiger partial charge in [0, 0.05) is 44.0 Å². The zero-order valence-electron chi connectivity index (χ0n) is 13.6. The van der Waals surface area contributed by atoms with Crippen LogP contribution in [0.2, 0.25) is 5.02 Å². The summed E-state index contributed by atoms with van der Waals surface area (Å²) in [6, 6.07) is 8.02. The largest absolute Gasteiger partial charge is 0.436 e. The van der Waals surface area contributed by atoms with Crippen LogP contribution in [0.5, 0.6) is 0 Å². The van der Waals surface area contributed by atoms with Gasteiger partial charge in [-0.2, -0.15) is 0 Å². The quantitative estimate of drug-likeness (QED) is 0.841. The molecule has 1 spiro atoms. The highest BCUT2D eigenvalue weighted by atomic mass is 35.5. The molecule has 5 heteroatoms. The molecule has 0 N–H and O–H groups in total. The molecule has 2 aliphatic rings. The fraction of sp³-hybridized carbons (Fsp3) is 0.500. The summed E-state index contributed by atoms with van der Waals surface area (Å²) < 4.78 is 5.68. The van der Waals surface area contributed by atoms with E-state index < -0.39 is 5.60 Å². The minimum absolute atomic E-state index is 0.243. The summed E-state index contributed by atoms with van der Waals surface area (Å²) in [5.74, 6) is 0. The molecule has 1 amide bonds. The molecule has 0 radical (unpaired) electrons. The second kappa shape index (κ2) is 6.54. The third-order valence-electron chi connectivity index (χ3n) is 4.96. The second-order valence-corrected chi connectivity index (χ2v) is 6.71. The lowest BCUT2D eigenvalue weighted by atomic mass is 9.88. The lowest BCUT2D eigenvalue weighted by Gasteiger charge is -2.38. The predicted molar refractivity (Wildman–Crippen MR) is 91.6 cm³/mol. The maximum Gasteiger partial charge on any atom is 0.415 e. The van der Waals surface area contributed by atoms with Crippen molar-refractivity contribution in [1.29, 1.82) is 0 Å². The van der Waals surface area contributed by atoms with Gasteiger partial charge < -0.3 is 9.64 Å². The van der Waals surface area contributed by atoms with Gasteiger partial charge in [-0.25, -0.2) is 4.79 Å². The Morgan fingerprint density at radius 3 is 2.48 bits per heavy atom. The van der Waals surface area contributed by atoms with Crippen LogP contribution in [0.25, 0.3) is 0 Å². The normalized spacial score (nSPS) is 21.0. The fourth-order valence-corrected chi connectivity index (χ4v) is 3.55. The molecule has 2 aliphatic heterocycles. The molecule has 1 aromatic rings. The number of ether oxygens (including phenoxy) is 1. The summed E-state index contributed by atoms with van der Waals surface area (Å²) in [5, 5.41) is 0.774. The monoisotopic (exact) mass is 334 g/mol. The van der Waals surface area contributed by atoms with Crippen LogP contribution in [-0.2, 0) is 11.2 Å². The van der Waals surface area contributed by atoms with Crippen LogP contribution in [0.15, 0.2) is 36.5 Å². The zero-order chi connectivity index (χ0) is 16.4. The van der Waals surface area contributed by atoms with Crippen molar-refractivity contribution in [3.05, 3.63) is 47.1 Å². The van der Waals surface area contributed by atoms with E-state index in [0.29, 0.717) is 6.54 Å². The summed E-state index contributed by atoms with van der Waals surface area (Å²) in [6.45, 7) is 9.55. The third kappa shape index (κ3) is 3.24. The summed E-state index contributed by atoms with van der Waals surface area (Å²) in [7, 11) is 0. The highest BCUT2D eigenvalue weighted by Crippen LogP contribution is 2.40. The molecule has 4 nitrogen and oxygen atoms in total. The number of hydrogen-bond acceptors (Lipinski definition) is 3. The topological polar surface area (TPSA) is 32.8 Å². The number of carbonyl (C=O) groups excluding carboxylic acids is 1. The van der Waals surface area contributed by atoms with Crippen LogP contribution in [0.4, 0.5) is 4.79 Å². The Labute approximate surface area is 142 Å². The highest BCUT2D eigenvalue weighted by molar-refractivity contribution is 6.30. The lowest BCUT2D eigenvalue weighted by molar-refractivity contribution is 0.0150. The Hall–Kier alpha value is -1.52. The number of nitrogens with zero attached hydrogens (tertiary/aromatic N) is 2. The van der Waals surface area contributed by atoms with Gasteiger partial charge in [0.05, 0.1) is 5.70 Å². The van der Waals surface area contributed by atoms with Crippen molar-refractivity contribution < 1.29 is 9.53 Å². The van der Waals surface area contributed by atoms with Gasteiger partial charge in [0.15, 0.2) is 5.60 Å². The molecule has 0 aromatic heterocycles. The fourth-order valence-electron chi connectivity index (χ4n) is 3.42. The number of rotatable bonds is 4. The van der Waals surface area contributed by atoms with Crippen molar-refractivity contribution in [1.82, 2.24) is 9.80 Å². The Morgan fingerprint density at radius 1 is 1.26 bits per heavy atom. The highest BCUT2D eigenvalue weighted by Gasteiger charge is 2.49. The number of piperidine rings is 1. The van der Waals surface area contributed by atoms with Crippen molar-refractivity contribution in [2.75, 3.05) is 26.2 Å². The van der Waals surface area contributed by atoms with Gasteiger partial charge in [-0.1, -0.05) is 30.3 Å². The minimum Gasteiger partial charge on any atom is -0.436 e. The van der Waals surface area contributed by atoms with Crippen LogP contribution < -0.4 is 0 Å². The van der Waals surface area contributed by atoms with E-state index in [1.165, 1.54) is 5.56 Å². The van der Waals surface area contributed by atoms with Crippen molar-refractivity contribution >= 4 is 17.7 Å². The van der Waals surface area contributed by atoms with E-state index in [0.717, 1.165) is 49.6 Å². The van der Waals surface area contributed by atoms with Crippen molar-refractivity contribution in [3.63, 3.8) is 0 Å². The van der Waals surface area contributed by atoms with Crippen molar-refractivity contribution in [3.8, 4) is 0 Å². The third-order valence-corrected chi connectivity index (χ3v) is 5.22. The lowest BCUT2D eigenvalue weighted by Crippen LogP contribution is -2.46. The van der Waals surface area contributed by atoms with Crippen LogP contribution in [-0.4, -0.2) is 47.7 Å². The Morgan fingerprint density at radius 2 is 1.91 bits per heavy atom. The van der Waals surface area contributed by atoms with Crippen molar-refractivity contribution in [2.45, 2.75) is 31.8 Å². The Bertz CT molecular complexity index is 592. The smallest absolute Gasteiger partial charge is 0.415 e. The van der Waals surface area contributed by atoms with Crippen molar-refractivity contribution in [2.24, 2.45) is 0 Å². The molecule has 124 valence electrons. The molecular formula is C18H23ClN2O2. The van der Waals surface area contributed by atoms with Crippen LogP contribution in [0, 0.1) is 0 Å². The van der Waals surface area contributed by atoms with E-state index in [1.807, 2.05) is 19.1 Å². The van der Waals surface area contributed by atoms with E-state index >= 15 is 0 Å². The number of amides is 1. The van der Waals surface area contributed by atoms with Gasteiger partial charge in [0.25, 0.3) is 0 Å². The van der Waals surface area contributed by atoms with Gasteiger partial charge >= 0.3 is 6.09 Å². The first-order chi connectivity index (χ1) is 11.0. The van der Waals surface area contributed by atoms with Gasteiger partial charge in [0.1, 0.15) is 0 Å². The van der Waals surface area contributed by atoms with Gasteiger partial charge in [-0.05, 0) is 31.0 Å². The number of likely N-dealkylation sites (tertiary alicyclic amines) is 1. The van der Waals surface area contributed by atoms with Crippen LogP contribution >= 0.6 is 11.6 Å². The average molecular weight is 335 g/mol. The van der Waals surface area contributed by atoms with Gasteiger partial charge in [-0.3, -0.25) is 4.90 Å². The number of benzene rings is 1. The average Bonchev–Trinajstić information content (AvgIpc) is 2.78. The maximum atomic E-state index is 11.9. The summed E-state index contributed by atoms with van der Waals surface area (Å²) in [5.41, 5.74) is 1.66. The second-order valence-electron chi connectivity index (χ2n) is 6.27. The maximum absolute atomic E-state index is 11.9. The minimum atomic E-state index is -0.468. The predicted octanol–water partition coefficient (Wildman–Crippen LogP) is 3.70. The molecule has 3 rings (SSSR count). The first-order valence-corrected chi connectivity index (χ1v) is 8.58. The molecule has 1 aromatic carbocycles. The van der Waals surface area contributed by atoms with E-state index in [9.17, 15) is 4.79 Å². The standard InChI is InChI=1S/C18H23ClN2O2/c1-3-21-14(2)18(23-17(21)22)9-12-20(13-10-18)11-8-15-4-6-16(19)7-5-15/h4-7H,2-3,8-13H2,1H3. The molecule has 0 atom stereocenters. The summed E-state index contributed by atoms with van der Waals surface area (Å²) >= 11 is 5.91.